The molecule has 1 aliphatic rings. The fourth-order valence-corrected chi connectivity index (χ4v) is 3.06. The lowest BCUT2D eigenvalue weighted by Crippen LogP contribution is -2.32. The quantitative estimate of drug-likeness (QED) is 0.898. The predicted octanol–water partition coefficient (Wildman–Crippen LogP) is 2.84. The Bertz CT molecular complexity index is 578. The van der Waals surface area contributed by atoms with Crippen LogP contribution in [0.2, 0.25) is 0 Å². The van der Waals surface area contributed by atoms with E-state index in [4.69, 9.17) is 5.73 Å². The van der Waals surface area contributed by atoms with Gasteiger partial charge in [-0.15, -0.1) is 0 Å². The first kappa shape index (κ1) is 15.6. The van der Waals surface area contributed by atoms with Crippen LogP contribution in [0.25, 0.3) is 0 Å². The first-order valence-corrected chi connectivity index (χ1v) is 8.00. The van der Waals surface area contributed by atoms with Crippen molar-refractivity contribution in [3.8, 4) is 0 Å². The van der Waals surface area contributed by atoms with Crippen LogP contribution in [0.4, 0.5) is 0 Å². The van der Waals surface area contributed by atoms with Crippen molar-refractivity contribution in [1.29, 1.82) is 0 Å². The molecule has 1 unspecified atom stereocenters. The third kappa shape index (κ3) is 3.88. The van der Waals surface area contributed by atoms with Gasteiger partial charge in [-0.2, -0.15) is 0 Å². The van der Waals surface area contributed by atoms with Gasteiger partial charge in [0.25, 0.3) is 0 Å². The minimum absolute atomic E-state index is 0.320. The van der Waals surface area contributed by atoms with Crippen molar-refractivity contribution < 1.29 is 4.79 Å². The van der Waals surface area contributed by atoms with Gasteiger partial charge < -0.3 is 11.1 Å². The molecule has 21 heavy (non-hydrogen) atoms. The summed E-state index contributed by atoms with van der Waals surface area (Å²) >= 11 is 1.67. The molecule has 1 heterocycles. The molecule has 0 bridgehead atoms. The molecule has 0 spiro atoms. The summed E-state index contributed by atoms with van der Waals surface area (Å²) in [4.78, 5) is 16.5. The summed E-state index contributed by atoms with van der Waals surface area (Å²) in [5.41, 5.74) is 7.85. The van der Waals surface area contributed by atoms with E-state index in [9.17, 15) is 4.79 Å². The molecule has 0 radical (unpaired) electrons. The highest BCUT2D eigenvalue weighted by Crippen LogP contribution is 2.31. The van der Waals surface area contributed by atoms with Crippen LogP contribution in [0.15, 0.2) is 46.6 Å². The van der Waals surface area contributed by atoms with E-state index >= 15 is 0 Å². The van der Waals surface area contributed by atoms with Gasteiger partial charge >= 0.3 is 0 Å². The van der Waals surface area contributed by atoms with Gasteiger partial charge in [-0.3, -0.25) is 4.79 Å². The largest absolute Gasteiger partial charge is 0.366 e. The van der Waals surface area contributed by atoms with Crippen LogP contribution in [0.3, 0.4) is 0 Å². The standard InChI is InChI=1S/C16H21N3OS/c1-10(2)9-21-16-18-11(3)13(15(17)20)14(19-16)12-7-5-4-6-8-12/h4-8,10,14H,9H2,1-3H3,(H2,17,20)(H,18,19). The highest BCUT2D eigenvalue weighted by atomic mass is 32.2. The maximum absolute atomic E-state index is 11.8. The maximum atomic E-state index is 11.8. The van der Waals surface area contributed by atoms with E-state index in [1.165, 1.54) is 0 Å². The second-order valence-electron chi connectivity index (χ2n) is 5.48. The summed E-state index contributed by atoms with van der Waals surface area (Å²) in [6, 6.07) is 9.47. The molecule has 1 aromatic rings. The molecule has 4 nitrogen and oxygen atoms in total. The SMILES string of the molecule is CC1=C(C(N)=O)C(c2ccccc2)N=C(SCC(C)C)N1. The third-order valence-corrected chi connectivity index (χ3v) is 4.47. The second-order valence-corrected chi connectivity index (χ2v) is 6.49. The molecule has 1 amide bonds. The molecule has 3 N–H and O–H groups in total. The van der Waals surface area contributed by atoms with Crippen molar-refractivity contribution in [2.75, 3.05) is 5.75 Å². The number of aliphatic imine (C=N–C) groups is 1. The Kier molecular flexibility index (Phi) is 5.07. The van der Waals surface area contributed by atoms with Gasteiger partial charge in [-0.05, 0) is 18.4 Å². The number of hydrogen-bond acceptors (Lipinski definition) is 4. The number of carbonyl (C=O) groups is 1. The summed E-state index contributed by atoms with van der Waals surface area (Å²) in [5.74, 6) is 1.13. The average molecular weight is 303 g/mol. The fourth-order valence-electron chi connectivity index (χ4n) is 2.16. The Morgan fingerprint density at radius 3 is 2.62 bits per heavy atom. The van der Waals surface area contributed by atoms with Crippen LogP contribution in [-0.2, 0) is 4.79 Å². The molecule has 5 heteroatoms. The lowest BCUT2D eigenvalue weighted by Gasteiger charge is -2.25. The summed E-state index contributed by atoms with van der Waals surface area (Å²) in [6.45, 7) is 6.21. The Balaban J connectivity index is 2.33. The number of carbonyl (C=O) groups excluding carboxylic acids is 1. The number of amidine groups is 1. The Hall–Kier alpha value is -1.75. The number of hydrogen-bond donors (Lipinski definition) is 2. The van der Waals surface area contributed by atoms with Crippen LogP contribution < -0.4 is 11.1 Å². The van der Waals surface area contributed by atoms with Gasteiger partial charge in [0.1, 0.15) is 6.04 Å². The van der Waals surface area contributed by atoms with Crippen molar-refractivity contribution in [1.82, 2.24) is 5.32 Å². The highest BCUT2D eigenvalue weighted by Gasteiger charge is 2.27. The predicted molar refractivity (Wildman–Crippen MR) is 88.9 cm³/mol. The molecule has 0 saturated carbocycles. The average Bonchev–Trinajstić information content (AvgIpc) is 2.45. The summed E-state index contributed by atoms with van der Waals surface area (Å²) in [5, 5.41) is 4.04. The van der Waals surface area contributed by atoms with Crippen LogP contribution >= 0.6 is 11.8 Å². The molecule has 0 aliphatic carbocycles. The first-order valence-electron chi connectivity index (χ1n) is 7.02. The molecular formula is C16H21N3OS. The molecule has 0 aromatic heterocycles. The van der Waals surface area contributed by atoms with Gasteiger partial charge in [0.05, 0.1) is 5.57 Å². The van der Waals surface area contributed by atoms with Crippen molar-refractivity contribution in [3.63, 3.8) is 0 Å². The molecular weight excluding hydrogens is 282 g/mol. The van der Waals surface area contributed by atoms with Gasteiger partial charge in [0.15, 0.2) is 5.17 Å². The number of nitrogens with zero attached hydrogens (tertiary/aromatic N) is 1. The molecule has 2 rings (SSSR count). The number of nitrogens with one attached hydrogen (secondary N) is 1. The molecule has 112 valence electrons. The molecule has 1 aromatic carbocycles. The molecule has 0 fully saturated rings. The number of allylic oxidation sites excluding steroid dienone is 1. The number of benzene rings is 1. The minimum atomic E-state index is -0.425. The minimum Gasteiger partial charge on any atom is -0.366 e. The lowest BCUT2D eigenvalue weighted by molar-refractivity contribution is -0.114. The smallest absolute Gasteiger partial charge is 0.248 e. The van der Waals surface area contributed by atoms with E-state index in [1.807, 2.05) is 37.3 Å². The lowest BCUT2D eigenvalue weighted by atomic mass is 9.96. The van der Waals surface area contributed by atoms with E-state index in [0.29, 0.717) is 11.5 Å². The van der Waals surface area contributed by atoms with Crippen LogP contribution in [0.1, 0.15) is 32.4 Å². The fraction of sp³-hybridized carbons (Fsp3) is 0.375. The van der Waals surface area contributed by atoms with E-state index in [2.05, 4.69) is 24.2 Å². The Morgan fingerprint density at radius 1 is 1.38 bits per heavy atom. The van der Waals surface area contributed by atoms with E-state index < -0.39 is 5.91 Å². The monoisotopic (exact) mass is 303 g/mol. The summed E-state index contributed by atoms with van der Waals surface area (Å²) in [6.07, 6.45) is 0. The summed E-state index contributed by atoms with van der Waals surface area (Å²) in [7, 11) is 0. The molecule has 0 saturated heterocycles. The highest BCUT2D eigenvalue weighted by molar-refractivity contribution is 8.13. The molecule has 1 atom stereocenters. The Labute approximate surface area is 129 Å². The van der Waals surface area contributed by atoms with E-state index in [1.54, 1.807) is 11.8 Å². The van der Waals surface area contributed by atoms with Crippen molar-refractivity contribution >= 4 is 22.8 Å². The van der Waals surface area contributed by atoms with Gasteiger partial charge in [0.2, 0.25) is 5.91 Å². The zero-order valence-corrected chi connectivity index (χ0v) is 13.4. The number of amides is 1. The number of rotatable bonds is 4. The van der Waals surface area contributed by atoms with Gasteiger partial charge in [-0.1, -0.05) is 55.9 Å². The zero-order valence-electron chi connectivity index (χ0n) is 12.6. The first-order chi connectivity index (χ1) is 9.99. The van der Waals surface area contributed by atoms with Crippen LogP contribution in [0.5, 0.6) is 0 Å². The van der Waals surface area contributed by atoms with Crippen molar-refractivity contribution in [2.24, 2.45) is 16.6 Å². The topological polar surface area (TPSA) is 67.5 Å². The normalized spacial score (nSPS) is 18.5. The third-order valence-electron chi connectivity index (χ3n) is 3.15. The van der Waals surface area contributed by atoms with Crippen LogP contribution in [0, 0.1) is 5.92 Å². The van der Waals surface area contributed by atoms with Gasteiger partial charge in [0, 0.05) is 11.4 Å². The van der Waals surface area contributed by atoms with Crippen molar-refractivity contribution in [3.05, 3.63) is 47.2 Å². The number of nitrogens with two attached hydrogens (primary N) is 1. The second kappa shape index (κ2) is 6.80. The van der Waals surface area contributed by atoms with E-state index in [-0.39, 0.29) is 6.04 Å². The number of primary amides is 1. The Morgan fingerprint density at radius 2 is 2.05 bits per heavy atom. The molecule has 1 aliphatic heterocycles. The number of thioether (sulfide) groups is 1. The van der Waals surface area contributed by atoms with E-state index in [0.717, 1.165) is 22.2 Å². The van der Waals surface area contributed by atoms with Crippen molar-refractivity contribution in [2.45, 2.75) is 26.8 Å². The maximum Gasteiger partial charge on any atom is 0.248 e. The van der Waals surface area contributed by atoms with Crippen LogP contribution in [-0.4, -0.2) is 16.8 Å². The summed E-state index contributed by atoms with van der Waals surface area (Å²) < 4.78 is 0. The zero-order chi connectivity index (χ0) is 15.4. The van der Waals surface area contributed by atoms with Gasteiger partial charge in [-0.25, -0.2) is 4.99 Å².